The van der Waals surface area contributed by atoms with Gasteiger partial charge in [-0.1, -0.05) is 6.92 Å². The normalized spacial score (nSPS) is 15.2. The number of nitrogens with one attached hydrogen (secondary N) is 2. The summed E-state index contributed by atoms with van der Waals surface area (Å²) in [5.41, 5.74) is -2.38. The van der Waals surface area contributed by atoms with Gasteiger partial charge in [-0.3, -0.25) is 15.0 Å². The first-order valence-corrected chi connectivity index (χ1v) is 9.52. The van der Waals surface area contributed by atoms with Crippen LogP contribution in [0.5, 0.6) is 0 Å². The molecule has 0 atom stereocenters. The van der Waals surface area contributed by atoms with E-state index in [1.807, 2.05) is 16.9 Å². The second-order valence-corrected chi connectivity index (χ2v) is 6.72. The van der Waals surface area contributed by atoms with Gasteiger partial charge < -0.3 is 9.80 Å². The molecule has 1 amide bonds. The lowest BCUT2D eigenvalue weighted by Gasteiger charge is -2.35. The number of carbonyl (C=O) groups excluding carboxylic acids is 1. The highest BCUT2D eigenvalue weighted by Crippen LogP contribution is 2.26. The highest BCUT2D eigenvalue weighted by Gasteiger charge is 2.34. The molecule has 0 aliphatic carbocycles. The molecular formula is C18H25F3N6O2. The highest BCUT2D eigenvalue weighted by molar-refractivity contribution is 5.85. The summed E-state index contributed by atoms with van der Waals surface area (Å²) in [5, 5.41) is 13.4. The van der Waals surface area contributed by atoms with Gasteiger partial charge >= 0.3 is 6.18 Å². The number of guanidine groups is 1. The topological polar surface area (TPSA) is 106 Å². The molecule has 0 spiro atoms. The maximum Gasteiger partial charge on any atom is 0.421 e. The molecule has 0 unspecified atom stereocenters. The van der Waals surface area contributed by atoms with Crippen LogP contribution in [0.2, 0.25) is 0 Å². The van der Waals surface area contributed by atoms with Gasteiger partial charge in [0.05, 0.1) is 5.69 Å². The lowest BCUT2D eigenvalue weighted by atomic mass is 10.1. The molecule has 1 aliphatic rings. The van der Waals surface area contributed by atoms with E-state index in [9.17, 15) is 22.8 Å². The Kier molecular flexibility index (Phi) is 7.91. The van der Waals surface area contributed by atoms with Crippen molar-refractivity contribution in [2.24, 2.45) is 4.99 Å². The molecular weight excluding hydrogens is 389 g/mol. The number of hydrogen-bond acceptors (Lipinski definition) is 4. The Morgan fingerprint density at radius 1 is 1.28 bits per heavy atom. The number of alkyl halides is 3. The van der Waals surface area contributed by atoms with E-state index in [1.165, 1.54) is 0 Å². The number of aromatic nitrogens is 2. The van der Waals surface area contributed by atoms with Crippen LogP contribution in [0.3, 0.4) is 0 Å². The smallest absolute Gasteiger partial charge is 0.339 e. The van der Waals surface area contributed by atoms with Crippen molar-refractivity contribution in [2.75, 3.05) is 26.2 Å². The van der Waals surface area contributed by atoms with E-state index in [2.05, 4.69) is 10.1 Å². The van der Waals surface area contributed by atoms with Crippen LogP contribution in [0.15, 0.2) is 15.9 Å². The van der Waals surface area contributed by atoms with Crippen LogP contribution in [-0.4, -0.2) is 64.3 Å². The van der Waals surface area contributed by atoms with Crippen LogP contribution >= 0.6 is 0 Å². The number of aryl methyl sites for hydroxylation is 1. The monoisotopic (exact) mass is 414 g/mol. The van der Waals surface area contributed by atoms with Crippen molar-refractivity contribution in [3.8, 4) is 0 Å². The lowest BCUT2D eigenvalue weighted by molar-refractivity contribution is -0.139. The van der Waals surface area contributed by atoms with Crippen LogP contribution in [0.1, 0.15) is 43.9 Å². The van der Waals surface area contributed by atoms with Crippen molar-refractivity contribution in [3.63, 3.8) is 0 Å². The zero-order valence-corrected chi connectivity index (χ0v) is 16.3. The molecule has 160 valence electrons. The molecule has 1 aliphatic heterocycles. The first kappa shape index (κ1) is 22.6. The van der Waals surface area contributed by atoms with Gasteiger partial charge in [0.2, 0.25) is 11.9 Å². The summed E-state index contributed by atoms with van der Waals surface area (Å²) >= 11 is 0. The Bertz CT molecular complexity index is 798. The van der Waals surface area contributed by atoms with Crippen LogP contribution in [0.25, 0.3) is 0 Å². The number of halogens is 3. The van der Waals surface area contributed by atoms with Gasteiger partial charge in [-0.2, -0.15) is 18.3 Å². The quantitative estimate of drug-likeness (QED) is 0.422. The SMILES string of the molecule is CCC=NC(=N)N1CCN(C(=O)CCCCc2cc(C(F)(F)F)c(=O)[nH]n2)CC1. The number of piperazine rings is 1. The molecule has 0 aromatic carbocycles. The average Bonchev–Trinajstić information content (AvgIpc) is 2.69. The fraction of sp³-hybridized carbons (Fsp3) is 0.611. The van der Waals surface area contributed by atoms with Gasteiger partial charge in [0.25, 0.3) is 5.56 Å². The number of rotatable bonds is 6. The van der Waals surface area contributed by atoms with Crippen molar-refractivity contribution >= 4 is 18.1 Å². The molecule has 1 saturated heterocycles. The average molecular weight is 414 g/mol. The van der Waals surface area contributed by atoms with Gasteiger partial charge in [-0.05, 0) is 31.7 Å². The molecule has 1 aromatic rings. The third-order valence-corrected chi connectivity index (χ3v) is 4.56. The van der Waals surface area contributed by atoms with Crippen molar-refractivity contribution in [3.05, 3.63) is 27.7 Å². The number of aliphatic imine (C=N–C) groups is 1. The minimum Gasteiger partial charge on any atom is -0.339 e. The van der Waals surface area contributed by atoms with E-state index in [-0.39, 0.29) is 24.0 Å². The van der Waals surface area contributed by atoms with Crippen LogP contribution in [0, 0.1) is 5.41 Å². The first-order chi connectivity index (χ1) is 13.7. The number of unbranched alkanes of at least 4 members (excludes halogenated alkanes) is 1. The largest absolute Gasteiger partial charge is 0.421 e. The van der Waals surface area contributed by atoms with Crippen molar-refractivity contribution < 1.29 is 18.0 Å². The Labute approximate surface area is 166 Å². The van der Waals surface area contributed by atoms with Gasteiger partial charge in [0, 0.05) is 38.8 Å². The minimum atomic E-state index is -4.72. The maximum absolute atomic E-state index is 12.7. The standard InChI is InChI=1S/C18H25F3N6O2/c1-2-7-23-17(22)27-10-8-26(9-11-27)15(28)6-4-3-5-13-12-14(18(19,20)21)16(29)25-24-13/h7,12,22H,2-6,8-11H2,1H3,(H,25,29). The number of nitrogens with zero attached hydrogens (tertiary/aromatic N) is 4. The van der Waals surface area contributed by atoms with E-state index < -0.39 is 17.3 Å². The van der Waals surface area contributed by atoms with E-state index in [0.29, 0.717) is 45.4 Å². The number of hydrogen-bond donors (Lipinski definition) is 2. The minimum absolute atomic E-state index is 0.0151. The van der Waals surface area contributed by atoms with E-state index in [4.69, 9.17) is 5.41 Å². The van der Waals surface area contributed by atoms with Gasteiger partial charge in [-0.25, -0.2) is 10.1 Å². The summed E-state index contributed by atoms with van der Waals surface area (Å²) in [6.45, 7) is 4.06. The lowest BCUT2D eigenvalue weighted by Crippen LogP contribution is -2.50. The molecule has 0 radical (unpaired) electrons. The summed E-state index contributed by atoms with van der Waals surface area (Å²) in [6, 6.07) is 0.760. The summed E-state index contributed by atoms with van der Waals surface area (Å²) in [7, 11) is 0. The molecule has 29 heavy (non-hydrogen) atoms. The van der Waals surface area contributed by atoms with E-state index >= 15 is 0 Å². The fourth-order valence-electron chi connectivity index (χ4n) is 2.95. The molecule has 8 nitrogen and oxygen atoms in total. The summed E-state index contributed by atoms with van der Waals surface area (Å²) < 4.78 is 38.2. The molecule has 0 saturated carbocycles. The number of H-pyrrole nitrogens is 1. The predicted molar refractivity (Wildman–Crippen MR) is 102 cm³/mol. The van der Waals surface area contributed by atoms with E-state index in [0.717, 1.165) is 12.5 Å². The van der Waals surface area contributed by atoms with Crippen molar-refractivity contribution in [1.29, 1.82) is 5.41 Å². The molecule has 0 bridgehead atoms. The number of carbonyl (C=O) groups is 1. The molecule has 2 rings (SSSR count). The Morgan fingerprint density at radius 3 is 2.55 bits per heavy atom. The first-order valence-electron chi connectivity index (χ1n) is 9.52. The van der Waals surface area contributed by atoms with Crippen molar-refractivity contribution in [2.45, 2.75) is 45.2 Å². The molecule has 11 heteroatoms. The molecule has 1 aromatic heterocycles. The molecule has 2 N–H and O–H groups in total. The zero-order valence-electron chi connectivity index (χ0n) is 16.3. The van der Waals surface area contributed by atoms with Crippen LogP contribution < -0.4 is 5.56 Å². The third-order valence-electron chi connectivity index (χ3n) is 4.56. The zero-order chi connectivity index (χ0) is 21.4. The van der Waals surface area contributed by atoms with Gasteiger partial charge in [-0.15, -0.1) is 0 Å². The van der Waals surface area contributed by atoms with Gasteiger partial charge in [0.1, 0.15) is 5.56 Å². The third kappa shape index (κ3) is 6.68. The molecule has 2 heterocycles. The van der Waals surface area contributed by atoms with Crippen LogP contribution in [-0.2, 0) is 17.4 Å². The Morgan fingerprint density at radius 2 is 1.93 bits per heavy atom. The fourth-order valence-corrected chi connectivity index (χ4v) is 2.95. The van der Waals surface area contributed by atoms with E-state index in [1.54, 1.807) is 11.1 Å². The maximum atomic E-state index is 12.7. The number of amides is 1. The number of aromatic amines is 1. The summed E-state index contributed by atoms with van der Waals surface area (Å²) in [4.78, 5) is 31.1. The second kappa shape index (κ2) is 10.2. The summed E-state index contributed by atoms with van der Waals surface area (Å²) in [6.07, 6.45) is -0.756. The van der Waals surface area contributed by atoms with Gasteiger partial charge in [0.15, 0.2) is 0 Å². The Balaban J connectivity index is 1.74. The molecule has 1 fully saturated rings. The predicted octanol–water partition coefficient (Wildman–Crippen LogP) is 2.06. The van der Waals surface area contributed by atoms with Crippen LogP contribution in [0.4, 0.5) is 13.2 Å². The Hall–Kier alpha value is -2.72. The highest BCUT2D eigenvalue weighted by atomic mass is 19.4. The second-order valence-electron chi connectivity index (χ2n) is 6.72. The van der Waals surface area contributed by atoms with Crippen molar-refractivity contribution in [1.82, 2.24) is 20.0 Å². The summed E-state index contributed by atoms with van der Waals surface area (Å²) in [5.74, 6) is 0.184.